The molecule has 0 saturated heterocycles. The van der Waals surface area contributed by atoms with Crippen molar-refractivity contribution < 1.29 is 30.1 Å². The summed E-state index contributed by atoms with van der Waals surface area (Å²) in [6.07, 6.45) is 3.13. The number of carbonyl (C=O) groups excluding carboxylic acids is 2. The van der Waals surface area contributed by atoms with Crippen LogP contribution in [0.4, 0.5) is 0 Å². The highest BCUT2D eigenvalue weighted by Gasteiger charge is 2.41. The number of amides is 1. The van der Waals surface area contributed by atoms with Gasteiger partial charge in [-0.3, -0.25) is 14.8 Å². The van der Waals surface area contributed by atoms with E-state index in [9.17, 15) is 24.9 Å². The van der Waals surface area contributed by atoms with Crippen molar-refractivity contribution in [1.29, 1.82) is 0 Å². The number of carbonyl (C=O) groups is 2. The largest absolute Gasteiger partial charge is 0.393 e. The molecule has 5 N–H and O–H groups in total. The summed E-state index contributed by atoms with van der Waals surface area (Å²) < 4.78 is 0. The van der Waals surface area contributed by atoms with Crippen molar-refractivity contribution in [2.75, 3.05) is 0 Å². The standard InChI is InChI=1S/C23H35NO6/c1-15-8-10-16(11-9-15)23(29)19(25)13-12-18-17(20(26)14-21(18)27)6-4-2-3-5-7-22(28)24-30/h8-11,17-21,25-27,30H,2-7,12-14H2,1H3,(H,24,28)/t17-,18-,19?,20+,21-/m1/s1. The molecule has 1 aliphatic carbocycles. The summed E-state index contributed by atoms with van der Waals surface area (Å²) in [5.74, 6) is -0.891. The normalized spacial score (nSPS) is 24.6. The van der Waals surface area contributed by atoms with Crippen molar-refractivity contribution in [1.82, 2.24) is 5.48 Å². The third kappa shape index (κ3) is 7.16. The molecule has 0 bridgehead atoms. The number of nitrogens with one attached hydrogen (secondary N) is 1. The number of aryl methyl sites for hydroxylation is 1. The van der Waals surface area contributed by atoms with Crippen LogP contribution in [0.15, 0.2) is 24.3 Å². The summed E-state index contributed by atoms with van der Waals surface area (Å²) in [5.41, 5.74) is 3.14. The zero-order valence-corrected chi connectivity index (χ0v) is 17.7. The van der Waals surface area contributed by atoms with Crippen LogP contribution in [0.3, 0.4) is 0 Å². The summed E-state index contributed by atoms with van der Waals surface area (Å²) in [6, 6.07) is 7.09. The van der Waals surface area contributed by atoms with Crippen LogP contribution in [-0.2, 0) is 4.79 Å². The predicted molar refractivity (Wildman–Crippen MR) is 112 cm³/mol. The van der Waals surface area contributed by atoms with Gasteiger partial charge in [0, 0.05) is 12.0 Å². The minimum absolute atomic E-state index is 0.0533. The van der Waals surface area contributed by atoms with Crippen molar-refractivity contribution in [3.05, 3.63) is 35.4 Å². The van der Waals surface area contributed by atoms with Crippen LogP contribution in [0.2, 0.25) is 0 Å². The van der Waals surface area contributed by atoms with Gasteiger partial charge in [0.25, 0.3) is 0 Å². The summed E-state index contributed by atoms with van der Waals surface area (Å²) >= 11 is 0. The van der Waals surface area contributed by atoms with Crippen LogP contribution in [0, 0.1) is 18.8 Å². The van der Waals surface area contributed by atoms with Crippen LogP contribution in [-0.4, -0.2) is 50.5 Å². The Balaban J connectivity index is 1.78. The van der Waals surface area contributed by atoms with E-state index in [0.717, 1.165) is 31.2 Å². The quantitative estimate of drug-likeness (QED) is 0.153. The Labute approximate surface area is 178 Å². The predicted octanol–water partition coefficient (Wildman–Crippen LogP) is 2.52. The van der Waals surface area contributed by atoms with Gasteiger partial charge in [-0.25, -0.2) is 5.48 Å². The van der Waals surface area contributed by atoms with E-state index in [1.807, 2.05) is 19.1 Å². The number of unbranched alkanes of at least 4 members (excludes halogenated alkanes) is 3. The van der Waals surface area contributed by atoms with E-state index in [1.54, 1.807) is 17.6 Å². The molecule has 0 heterocycles. The average Bonchev–Trinajstić information content (AvgIpc) is 3.00. The lowest BCUT2D eigenvalue weighted by Gasteiger charge is -2.24. The first-order chi connectivity index (χ1) is 14.3. The molecular weight excluding hydrogens is 386 g/mol. The summed E-state index contributed by atoms with van der Waals surface area (Å²) in [6.45, 7) is 1.93. The Hall–Kier alpha value is -1.80. The maximum atomic E-state index is 12.4. The molecule has 7 heteroatoms. The molecule has 0 radical (unpaired) electrons. The number of hydrogen-bond donors (Lipinski definition) is 5. The first kappa shape index (κ1) is 24.5. The number of Topliss-reactive ketones (excluding diaryl/α,β-unsaturated/α-hetero) is 1. The monoisotopic (exact) mass is 421 g/mol. The molecule has 168 valence electrons. The Bertz CT molecular complexity index is 677. The van der Waals surface area contributed by atoms with Crippen LogP contribution < -0.4 is 5.48 Å². The van der Waals surface area contributed by atoms with E-state index in [4.69, 9.17) is 5.21 Å². The fourth-order valence-corrected chi connectivity index (χ4v) is 4.45. The Morgan fingerprint density at radius 2 is 1.60 bits per heavy atom. The topological polar surface area (TPSA) is 127 Å². The van der Waals surface area contributed by atoms with E-state index in [0.29, 0.717) is 24.8 Å². The highest BCUT2D eigenvalue weighted by Crippen LogP contribution is 2.39. The van der Waals surface area contributed by atoms with Gasteiger partial charge in [0.15, 0.2) is 5.78 Å². The van der Waals surface area contributed by atoms with Crippen LogP contribution in [0.25, 0.3) is 0 Å². The first-order valence-corrected chi connectivity index (χ1v) is 10.9. The second kappa shape index (κ2) is 12.2. The van der Waals surface area contributed by atoms with Gasteiger partial charge in [-0.15, -0.1) is 0 Å². The minimum Gasteiger partial charge on any atom is -0.393 e. The average molecular weight is 422 g/mol. The molecule has 30 heavy (non-hydrogen) atoms. The molecule has 0 spiro atoms. The van der Waals surface area contributed by atoms with E-state index in [-0.39, 0.29) is 36.4 Å². The summed E-state index contributed by atoms with van der Waals surface area (Å²) in [5, 5.41) is 39.5. The van der Waals surface area contributed by atoms with Gasteiger partial charge < -0.3 is 15.3 Å². The highest BCUT2D eigenvalue weighted by atomic mass is 16.5. The van der Waals surface area contributed by atoms with E-state index < -0.39 is 18.3 Å². The van der Waals surface area contributed by atoms with Crippen LogP contribution in [0.1, 0.15) is 73.7 Å². The second-order valence-electron chi connectivity index (χ2n) is 8.51. The summed E-state index contributed by atoms with van der Waals surface area (Å²) in [4.78, 5) is 23.4. The second-order valence-corrected chi connectivity index (χ2v) is 8.51. The molecule has 1 fully saturated rings. The third-order valence-electron chi connectivity index (χ3n) is 6.25. The number of aliphatic hydroxyl groups excluding tert-OH is 3. The van der Waals surface area contributed by atoms with Crippen molar-refractivity contribution in [2.45, 2.75) is 83.0 Å². The van der Waals surface area contributed by atoms with Gasteiger partial charge in [-0.1, -0.05) is 49.1 Å². The maximum absolute atomic E-state index is 12.4. The molecule has 1 aliphatic rings. The van der Waals surface area contributed by atoms with Crippen molar-refractivity contribution in [3.63, 3.8) is 0 Å². The van der Waals surface area contributed by atoms with Gasteiger partial charge in [-0.2, -0.15) is 0 Å². The fourth-order valence-electron chi connectivity index (χ4n) is 4.45. The van der Waals surface area contributed by atoms with Gasteiger partial charge in [0.1, 0.15) is 6.10 Å². The summed E-state index contributed by atoms with van der Waals surface area (Å²) in [7, 11) is 0. The molecule has 0 aromatic heterocycles. The zero-order chi connectivity index (χ0) is 22.1. The molecule has 7 nitrogen and oxygen atoms in total. The van der Waals surface area contributed by atoms with E-state index in [2.05, 4.69) is 0 Å². The van der Waals surface area contributed by atoms with Crippen LogP contribution in [0.5, 0.6) is 0 Å². The Morgan fingerprint density at radius 3 is 2.23 bits per heavy atom. The molecule has 2 rings (SSSR count). The third-order valence-corrected chi connectivity index (χ3v) is 6.25. The number of hydroxylamine groups is 1. The number of aliphatic hydroxyl groups is 3. The number of ketones is 1. The minimum atomic E-state index is -1.11. The molecule has 1 aromatic rings. The molecular formula is C23H35NO6. The van der Waals surface area contributed by atoms with Crippen molar-refractivity contribution in [2.24, 2.45) is 11.8 Å². The van der Waals surface area contributed by atoms with Crippen molar-refractivity contribution >= 4 is 11.7 Å². The molecule has 1 unspecified atom stereocenters. The first-order valence-electron chi connectivity index (χ1n) is 10.9. The highest BCUT2D eigenvalue weighted by molar-refractivity contribution is 5.99. The maximum Gasteiger partial charge on any atom is 0.243 e. The van der Waals surface area contributed by atoms with Gasteiger partial charge >= 0.3 is 0 Å². The number of hydrogen-bond acceptors (Lipinski definition) is 6. The molecule has 5 atom stereocenters. The lowest BCUT2D eigenvalue weighted by molar-refractivity contribution is -0.129. The molecule has 1 saturated carbocycles. The van der Waals surface area contributed by atoms with Crippen molar-refractivity contribution in [3.8, 4) is 0 Å². The Morgan fingerprint density at radius 1 is 1.00 bits per heavy atom. The lowest BCUT2D eigenvalue weighted by atomic mass is 9.84. The SMILES string of the molecule is Cc1ccc(C(=O)C(O)CC[C@@H]2[C@@H](CCCCCCC(=O)NO)[C@@H](O)C[C@H]2O)cc1. The lowest BCUT2D eigenvalue weighted by Crippen LogP contribution is -2.26. The van der Waals surface area contributed by atoms with Gasteiger partial charge in [0.05, 0.1) is 12.2 Å². The van der Waals surface area contributed by atoms with E-state index >= 15 is 0 Å². The van der Waals surface area contributed by atoms with Gasteiger partial charge in [0.2, 0.25) is 5.91 Å². The van der Waals surface area contributed by atoms with E-state index in [1.165, 1.54) is 0 Å². The van der Waals surface area contributed by atoms with Crippen LogP contribution >= 0.6 is 0 Å². The molecule has 1 aromatic carbocycles. The molecule has 1 amide bonds. The fraction of sp³-hybridized carbons (Fsp3) is 0.652. The smallest absolute Gasteiger partial charge is 0.243 e. The Kier molecular flexibility index (Phi) is 9.91. The zero-order valence-electron chi connectivity index (χ0n) is 17.7. The molecule has 0 aliphatic heterocycles. The number of benzene rings is 1. The number of rotatable bonds is 12. The van der Waals surface area contributed by atoms with Gasteiger partial charge in [-0.05, 0) is 50.9 Å².